The number of nitrogens with two attached hydrogens (primary N) is 1. The van der Waals surface area contributed by atoms with Crippen LogP contribution in [0.25, 0.3) is 21.5 Å². The van der Waals surface area contributed by atoms with Gasteiger partial charge in [0.1, 0.15) is 0 Å². The first-order chi connectivity index (χ1) is 51.3. The number of unbranched alkanes of at least 4 members (excludes halogenated alkanes) is 5. The fourth-order valence-corrected chi connectivity index (χ4v) is 42.8. The molecule has 12 rings (SSSR count). The van der Waals surface area contributed by atoms with Crippen LogP contribution in [0.5, 0.6) is 0 Å². The Morgan fingerprint density at radius 1 is 0.431 bits per heavy atom. The summed E-state index contributed by atoms with van der Waals surface area (Å²) < 4.78 is 222. The van der Waals surface area contributed by atoms with E-state index in [0.717, 1.165) is 43.8 Å². The van der Waals surface area contributed by atoms with Gasteiger partial charge in [-0.05, 0) is 0 Å². The molecular formula is C69H95N11O21S5Si3-2. The van der Waals surface area contributed by atoms with Crippen LogP contribution in [0.1, 0.15) is 106 Å². The number of hydrogen-bond acceptors (Lipinski definition) is 25. The number of quaternary nitrogens is 3. The Labute approximate surface area is 636 Å². The van der Waals surface area contributed by atoms with Crippen molar-refractivity contribution in [2.45, 2.75) is 122 Å². The summed E-state index contributed by atoms with van der Waals surface area (Å²) in [6.45, 7) is 11.4. The molecule has 0 unspecified atom stereocenters. The van der Waals surface area contributed by atoms with E-state index >= 15 is 0 Å². The van der Waals surface area contributed by atoms with E-state index in [2.05, 4.69) is 43.1 Å². The van der Waals surface area contributed by atoms with Crippen LogP contribution in [-0.2, 0) is 73.1 Å². The van der Waals surface area contributed by atoms with Crippen LogP contribution >= 0.6 is 0 Å². The molecule has 4 aromatic carbocycles. The minimum atomic E-state index is -7.47. The van der Waals surface area contributed by atoms with E-state index in [0.29, 0.717) is 109 Å². The topological polar surface area (TPSA) is 442 Å². The number of nitrogens with zero attached hydrogens (tertiary/aromatic N) is 10. The molecule has 0 saturated carbocycles. The SMILES string of the molecule is C[Si](C)(CCC[N+](CCCCS(=O)(=O)[O-])(CCCCS(=O)(=O)[O-])CCCCS(=O)(=O)[O-])O[Si-2]123(O[Si](C)(C)CCC[N+](CCCCS(=O)(=O)[O-])(CCCCS(=O)(=O)[O-])CCOCCOCCC(=O)[NH2+]O)n4c5c6ccccc6c4N=C4c6ccccc6C(=[N+]41)N=c1c4ccccc4c(n12)=NC1=[N+]3C(=N5)c2ccccc21. The first-order valence-electron chi connectivity index (χ1n) is 37.0. The van der Waals surface area contributed by atoms with Crippen LogP contribution in [0.4, 0.5) is 11.6 Å². The third-order valence-corrected chi connectivity index (χ3v) is 42.7. The van der Waals surface area contributed by atoms with Gasteiger partial charge >= 0.3 is 612 Å². The Bertz CT molecular complexity index is 5170. The fraction of sp³-hybridized carbons (Fsp3) is 0.522. The Kier molecular flexibility index (Phi) is 23.4. The van der Waals surface area contributed by atoms with Gasteiger partial charge in [-0.2, -0.15) is 0 Å². The van der Waals surface area contributed by atoms with Crippen molar-refractivity contribution in [3.8, 4) is 0 Å². The molecule has 0 fully saturated rings. The average Bonchev–Trinajstić information content (AvgIpc) is 1.46. The first-order valence-corrected chi connectivity index (χ1v) is 53.8. The number of aliphatic imine (C=N–C) groups is 2. The number of aromatic nitrogens is 2. The van der Waals surface area contributed by atoms with E-state index in [1.807, 2.05) is 97.1 Å². The Hall–Kier alpha value is -6.21. The molecule has 32 nitrogen and oxygen atoms in total. The number of amidine groups is 4. The van der Waals surface area contributed by atoms with Crippen molar-refractivity contribution >= 4 is 137 Å². The number of rotatable bonds is 46. The molecule has 0 radical (unpaired) electrons. The predicted molar refractivity (Wildman–Crippen MR) is 406 cm³/mol. The summed E-state index contributed by atoms with van der Waals surface area (Å²) in [5, 5.41) is 12.0. The Morgan fingerprint density at radius 3 is 1.11 bits per heavy atom. The molecule has 40 heteroatoms. The van der Waals surface area contributed by atoms with Crippen LogP contribution in [0.15, 0.2) is 117 Å². The van der Waals surface area contributed by atoms with E-state index in [-0.39, 0.29) is 126 Å². The van der Waals surface area contributed by atoms with Crippen molar-refractivity contribution in [2.24, 2.45) is 20.0 Å². The number of ether oxygens (including phenoxy) is 2. The second-order valence-electron chi connectivity index (χ2n) is 30.8. The molecule has 596 valence electrons. The zero-order valence-electron chi connectivity index (χ0n) is 61.6. The molecule has 8 heterocycles. The number of amides is 1. The number of carbonyl (C=O) groups is 1. The van der Waals surface area contributed by atoms with Crippen molar-refractivity contribution in [3.05, 3.63) is 130 Å². The maximum absolute atomic E-state index is 12.2. The van der Waals surface area contributed by atoms with E-state index in [9.17, 15) is 77.9 Å². The van der Waals surface area contributed by atoms with Gasteiger partial charge in [-0.15, -0.1) is 5.48 Å². The summed E-state index contributed by atoms with van der Waals surface area (Å²) >= 11 is 0. The zero-order valence-corrected chi connectivity index (χ0v) is 68.7. The number of carbonyl (C=O) groups excluding carboxylic acids is 1. The molecule has 6 aliphatic rings. The van der Waals surface area contributed by atoms with Gasteiger partial charge in [-0.25, -0.2) is 10.0 Å². The number of fused-ring (bicyclic) bond motifs is 12. The fourth-order valence-electron chi connectivity index (χ4n) is 17.7. The zero-order chi connectivity index (χ0) is 78.3. The van der Waals surface area contributed by atoms with Crippen molar-refractivity contribution in [3.63, 3.8) is 0 Å². The third kappa shape index (κ3) is 16.4. The second-order valence-corrected chi connectivity index (χ2v) is 52.7. The van der Waals surface area contributed by atoms with E-state index < -0.39 is 110 Å². The van der Waals surface area contributed by atoms with Crippen molar-refractivity contribution in [2.75, 3.05) is 108 Å². The van der Waals surface area contributed by atoms with Gasteiger partial charge in [0, 0.05) is 0 Å². The Morgan fingerprint density at radius 2 is 0.752 bits per heavy atom. The number of benzene rings is 4. The molecule has 6 aliphatic heterocycles. The summed E-state index contributed by atoms with van der Waals surface area (Å²) in [6.07, 6.45) is 1.97. The average molecular weight is 1660 g/mol. The monoisotopic (exact) mass is 1660 g/mol. The molecule has 1 amide bonds. The molecule has 0 atom stereocenters. The predicted octanol–water partition coefficient (Wildman–Crippen LogP) is 3.71. The molecular weight excluding hydrogens is 1560 g/mol. The van der Waals surface area contributed by atoms with Crippen LogP contribution in [0.3, 0.4) is 0 Å². The molecule has 3 N–H and O–H groups in total. The molecule has 6 aromatic rings. The second kappa shape index (κ2) is 30.9. The number of hydroxylamine groups is 1. The van der Waals surface area contributed by atoms with E-state index in [4.69, 9.17) is 34.7 Å². The van der Waals surface area contributed by atoms with Crippen LogP contribution in [-0.4, -0.2) is 257 Å². The standard InChI is InChI=1S/C69H97N11O21S5Si3/c1-107(2,51-23-39-79(34-13-18-46-102(83,84)85,35-14-19-47-103(86,87)88)36-15-20-48-104(89,90)91)100-109(101-108(3,4)52-24-40-80(37-16-21-49-105(92,93)94,38-17-22-50-106(95,96)97)41-43-99-45-44-98-42-33-61(81)74-82)75-62-53-25-5-6-26-54(53)63(75)71-65-57-29-9-10-30-58(57)67(77(65)109)73-69-60-32-12-11-31-59(60)68(78(69)109)72-66-56-28-8-7-27-55(56)64(70-62)76(66)109/h5-12,25-32H,13-24,33-52H2,1-4H3,(H5-2,70,71,72,73,74,81,82,83,84,85,86,87,88,89,90,91,92,93,94,95,96,97)/p-2. The van der Waals surface area contributed by atoms with Gasteiger partial charge in [0.2, 0.25) is 0 Å². The summed E-state index contributed by atoms with van der Waals surface area (Å²) in [4.78, 5) is 35.2. The summed E-state index contributed by atoms with van der Waals surface area (Å²) in [5.74, 6) is -0.870. The summed E-state index contributed by atoms with van der Waals surface area (Å²) in [5.41, 5.74) is 4.31. The minimum absolute atomic E-state index is 0.0109. The van der Waals surface area contributed by atoms with Gasteiger partial charge < -0.3 is 0 Å². The number of hydrogen-bond donors (Lipinski definition) is 2. The van der Waals surface area contributed by atoms with Gasteiger partial charge in [0.25, 0.3) is 0 Å². The molecule has 0 aliphatic carbocycles. The van der Waals surface area contributed by atoms with Gasteiger partial charge in [-0.1, -0.05) is 0 Å². The van der Waals surface area contributed by atoms with E-state index in [1.54, 1.807) is 0 Å². The maximum atomic E-state index is 12.2. The molecule has 1 spiro atoms. The van der Waals surface area contributed by atoms with Gasteiger partial charge in [-0.3, -0.25) is 0 Å². The first kappa shape index (κ1) is 82.3. The van der Waals surface area contributed by atoms with Crippen molar-refractivity contribution in [1.82, 2.24) is 8.47 Å². The molecule has 2 aromatic heterocycles. The quantitative estimate of drug-likeness (QED) is 0.0137. The summed E-state index contributed by atoms with van der Waals surface area (Å²) in [6, 6.07) is 32.3. The third-order valence-electron chi connectivity index (χ3n) is 22.0. The summed E-state index contributed by atoms with van der Waals surface area (Å²) in [7, 11) is -38.2. The molecule has 0 saturated heterocycles. The van der Waals surface area contributed by atoms with Crippen LogP contribution in [0, 0.1) is 0 Å². The van der Waals surface area contributed by atoms with Crippen molar-refractivity contribution < 1.29 is 115 Å². The van der Waals surface area contributed by atoms with Crippen LogP contribution in [0.2, 0.25) is 38.3 Å². The van der Waals surface area contributed by atoms with E-state index in [1.165, 1.54) is 0 Å². The number of primary amides is 1. The molecule has 0 bridgehead atoms. The molecule has 109 heavy (non-hydrogen) atoms. The van der Waals surface area contributed by atoms with Crippen LogP contribution < -0.4 is 16.5 Å². The van der Waals surface area contributed by atoms with Gasteiger partial charge in [0.05, 0.1) is 13.0 Å². The van der Waals surface area contributed by atoms with Gasteiger partial charge in [0.15, 0.2) is 0 Å². The Balaban J connectivity index is 1.07. The van der Waals surface area contributed by atoms with Crippen molar-refractivity contribution in [1.29, 1.82) is 0 Å². The normalized spacial score (nSPS) is 17.4.